The lowest BCUT2D eigenvalue weighted by Gasteiger charge is -2.27. The lowest BCUT2D eigenvalue weighted by molar-refractivity contribution is 0.406. The quantitative estimate of drug-likeness (QED) is 0.771. The smallest absolute Gasteiger partial charge is 0.0659 e. The van der Waals surface area contributed by atoms with E-state index in [1.807, 2.05) is 11.3 Å². The van der Waals surface area contributed by atoms with Gasteiger partial charge in [0.25, 0.3) is 0 Å². The lowest BCUT2D eigenvalue weighted by Crippen LogP contribution is -2.33. The van der Waals surface area contributed by atoms with Crippen molar-refractivity contribution in [2.24, 2.45) is 0 Å². The molecule has 0 radical (unpaired) electrons. The lowest BCUT2D eigenvalue weighted by atomic mass is 9.93. The molecule has 0 saturated heterocycles. The van der Waals surface area contributed by atoms with Gasteiger partial charge >= 0.3 is 0 Å². The third-order valence-corrected chi connectivity index (χ3v) is 6.19. The summed E-state index contributed by atoms with van der Waals surface area (Å²) >= 11 is 4.36. The highest BCUT2D eigenvalue weighted by molar-refractivity contribution is 14.1. The third-order valence-electron chi connectivity index (χ3n) is 3.41. The van der Waals surface area contributed by atoms with E-state index in [1.165, 1.54) is 27.7 Å². The maximum absolute atomic E-state index is 11.1. The minimum absolute atomic E-state index is 0.447. The van der Waals surface area contributed by atoms with Crippen LogP contribution in [-0.4, -0.2) is 22.3 Å². The molecule has 0 aliphatic heterocycles. The molecule has 0 saturated carbocycles. The van der Waals surface area contributed by atoms with Crippen LogP contribution in [0.5, 0.6) is 0 Å². The largest absolute Gasteiger partial charge is 0.307 e. The maximum Gasteiger partial charge on any atom is 0.0659 e. The Hall–Kier alpha value is 0.540. The van der Waals surface area contributed by atoms with Crippen molar-refractivity contribution in [2.75, 3.05) is 12.0 Å². The van der Waals surface area contributed by atoms with Gasteiger partial charge in [-0.1, -0.05) is 0 Å². The summed E-state index contributed by atoms with van der Waals surface area (Å²) in [6.07, 6.45) is 6.55. The van der Waals surface area contributed by atoms with Gasteiger partial charge in [-0.3, -0.25) is 4.21 Å². The fraction of sp³-hybridized carbons (Fsp3) is 0.692. The van der Waals surface area contributed by atoms with Crippen LogP contribution in [0.4, 0.5) is 0 Å². The summed E-state index contributed by atoms with van der Waals surface area (Å²) in [4.78, 5) is 1.56. The number of aryl methyl sites for hydroxylation is 1. The van der Waals surface area contributed by atoms with E-state index in [0.717, 1.165) is 12.2 Å². The Morgan fingerprint density at radius 2 is 2.44 bits per heavy atom. The molecule has 1 aliphatic carbocycles. The first-order chi connectivity index (χ1) is 8.56. The predicted octanol–water partition coefficient (Wildman–Crippen LogP) is 3.48. The molecule has 5 heteroatoms. The fourth-order valence-corrected chi connectivity index (χ4v) is 5.27. The summed E-state index contributed by atoms with van der Waals surface area (Å²) in [7, 11) is -0.673. The normalized spacial score (nSPS) is 22.5. The van der Waals surface area contributed by atoms with Crippen LogP contribution in [0.1, 0.15) is 42.7 Å². The van der Waals surface area contributed by atoms with Crippen molar-refractivity contribution >= 4 is 44.7 Å². The van der Waals surface area contributed by atoms with Gasteiger partial charge in [0, 0.05) is 39.8 Å². The van der Waals surface area contributed by atoms with Crippen LogP contribution in [0, 0.1) is 2.88 Å². The van der Waals surface area contributed by atoms with Crippen LogP contribution in [-0.2, 0) is 17.2 Å². The van der Waals surface area contributed by atoms with Crippen molar-refractivity contribution in [1.29, 1.82) is 0 Å². The highest BCUT2D eigenvalue weighted by Gasteiger charge is 2.23. The molecule has 2 rings (SSSR count). The number of hydrogen-bond acceptors (Lipinski definition) is 3. The molecule has 1 aliphatic rings. The minimum atomic E-state index is -0.673. The van der Waals surface area contributed by atoms with Gasteiger partial charge in [-0.15, -0.1) is 11.3 Å². The van der Waals surface area contributed by atoms with Gasteiger partial charge in [-0.2, -0.15) is 0 Å². The van der Waals surface area contributed by atoms with Crippen LogP contribution >= 0.6 is 33.9 Å². The molecule has 1 N–H and O–H groups in total. The summed E-state index contributed by atoms with van der Waals surface area (Å²) in [6.45, 7) is 2.21. The van der Waals surface area contributed by atoms with E-state index in [1.54, 1.807) is 11.1 Å². The van der Waals surface area contributed by atoms with Crippen molar-refractivity contribution in [2.45, 2.75) is 44.7 Å². The van der Waals surface area contributed by atoms with E-state index in [2.05, 4.69) is 40.9 Å². The number of halogens is 1. The van der Waals surface area contributed by atoms with Crippen molar-refractivity contribution < 1.29 is 4.21 Å². The summed E-state index contributed by atoms with van der Waals surface area (Å²) in [6, 6.07) is 3.29. The molecular formula is C13H20INOS2. The first-order valence-corrected chi connectivity index (χ1v) is 10.0. The molecule has 102 valence electrons. The second-order valence-electron chi connectivity index (χ2n) is 5.01. The predicted molar refractivity (Wildman–Crippen MR) is 88.9 cm³/mol. The molecule has 0 fully saturated rings. The van der Waals surface area contributed by atoms with Gasteiger partial charge in [-0.05, 0) is 66.8 Å². The topological polar surface area (TPSA) is 29.1 Å². The Balaban J connectivity index is 1.96. The van der Waals surface area contributed by atoms with Crippen molar-refractivity contribution in [1.82, 2.24) is 5.32 Å². The van der Waals surface area contributed by atoms with E-state index < -0.39 is 10.8 Å². The highest BCUT2D eigenvalue weighted by Crippen LogP contribution is 2.36. The van der Waals surface area contributed by atoms with E-state index >= 15 is 0 Å². The number of fused-ring (bicyclic) bond motifs is 1. The van der Waals surface area contributed by atoms with Crippen LogP contribution in [0.3, 0.4) is 0 Å². The van der Waals surface area contributed by atoms with Crippen LogP contribution in [0.15, 0.2) is 6.07 Å². The van der Waals surface area contributed by atoms with Crippen molar-refractivity contribution in [3.63, 3.8) is 0 Å². The average Bonchev–Trinajstić information content (AvgIpc) is 2.68. The van der Waals surface area contributed by atoms with Crippen LogP contribution < -0.4 is 5.32 Å². The molecule has 18 heavy (non-hydrogen) atoms. The Morgan fingerprint density at radius 3 is 3.17 bits per heavy atom. The Bertz CT molecular complexity index is 433. The van der Waals surface area contributed by atoms with Gasteiger partial charge in [0.15, 0.2) is 0 Å². The summed E-state index contributed by atoms with van der Waals surface area (Å²) < 4.78 is 12.5. The zero-order valence-electron chi connectivity index (χ0n) is 10.9. The molecule has 0 bridgehead atoms. The number of thiophene rings is 1. The van der Waals surface area contributed by atoms with E-state index in [-0.39, 0.29) is 0 Å². The zero-order valence-corrected chi connectivity index (χ0v) is 14.7. The van der Waals surface area contributed by atoms with Crippen LogP contribution in [0.2, 0.25) is 0 Å². The molecular weight excluding hydrogens is 377 g/mol. The number of hydrogen-bond donors (Lipinski definition) is 1. The summed E-state index contributed by atoms with van der Waals surface area (Å²) in [5, 5.41) is 3.71. The fourth-order valence-electron chi connectivity index (χ4n) is 2.46. The Morgan fingerprint density at radius 1 is 1.67 bits per heavy atom. The second kappa shape index (κ2) is 6.81. The molecule has 0 amide bonds. The Labute approximate surface area is 130 Å². The minimum Gasteiger partial charge on any atom is -0.307 e. The molecule has 1 aromatic rings. The monoisotopic (exact) mass is 397 g/mol. The number of rotatable bonds is 5. The Kier molecular flexibility index (Phi) is 5.65. The maximum atomic E-state index is 11.1. The van der Waals surface area contributed by atoms with Gasteiger partial charge < -0.3 is 5.32 Å². The molecule has 3 unspecified atom stereocenters. The first kappa shape index (κ1) is 14.9. The van der Waals surface area contributed by atoms with E-state index in [4.69, 9.17) is 0 Å². The highest BCUT2D eigenvalue weighted by atomic mass is 127. The molecule has 0 spiro atoms. The molecule has 3 atom stereocenters. The SMILES string of the molecule is CC(CCS(C)=O)NC1CCCc2sc(I)cc21. The van der Waals surface area contributed by atoms with Gasteiger partial charge in [0.05, 0.1) is 2.88 Å². The molecule has 2 nitrogen and oxygen atoms in total. The van der Waals surface area contributed by atoms with Gasteiger partial charge in [0.2, 0.25) is 0 Å². The third kappa shape index (κ3) is 4.02. The van der Waals surface area contributed by atoms with Crippen LogP contribution in [0.25, 0.3) is 0 Å². The summed E-state index contributed by atoms with van der Waals surface area (Å²) in [5.41, 5.74) is 1.51. The van der Waals surface area contributed by atoms with Gasteiger partial charge in [-0.25, -0.2) is 0 Å². The van der Waals surface area contributed by atoms with Crippen molar-refractivity contribution in [3.8, 4) is 0 Å². The second-order valence-corrected chi connectivity index (χ2v) is 9.59. The zero-order chi connectivity index (χ0) is 13.1. The molecule has 1 aromatic heterocycles. The number of nitrogens with one attached hydrogen (secondary N) is 1. The summed E-state index contributed by atoms with van der Waals surface area (Å²) in [5.74, 6) is 0.801. The van der Waals surface area contributed by atoms with E-state index in [0.29, 0.717) is 12.1 Å². The first-order valence-electron chi connectivity index (χ1n) is 6.40. The van der Waals surface area contributed by atoms with Gasteiger partial charge in [0.1, 0.15) is 0 Å². The average molecular weight is 397 g/mol. The van der Waals surface area contributed by atoms with E-state index in [9.17, 15) is 4.21 Å². The van der Waals surface area contributed by atoms with Crippen molar-refractivity contribution in [3.05, 3.63) is 19.4 Å². The molecule has 0 aromatic carbocycles. The molecule has 1 heterocycles. The standard InChI is InChI=1S/C13H20INOS2/c1-9(6-7-18(2)16)15-11-4-3-5-12-10(11)8-13(14)17-12/h8-9,11,15H,3-7H2,1-2H3.